The molecule has 1 aromatic heterocycles. The molecular formula is C20H28N2O5S. The summed E-state index contributed by atoms with van der Waals surface area (Å²) >= 11 is 0. The molecule has 28 heavy (non-hydrogen) atoms. The Labute approximate surface area is 166 Å². The molecule has 7 nitrogen and oxygen atoms in total. The van der Waals surface area contributed by atoms with Crippen LogP contribution in [0.25, 0.3) is 0 Å². The summed E-state index contributed by atoms with van der Waals surface area (Å²) in [5, 5.41) is 0. The second kappa shape index (κ2) is 9.56. The largest absolute Gasteiger partial charge is 0.491 e. The Balaban J connectivity index is 1.69. The first kappa shape index (κ1) is 20.9. The maximum Gasteiger partial charge on any atom is 0.240 e. The lowest BCUT2D eigenvalue weighted by Gasteiger charge is -2.26. The molecule has 154 valence electrons. The third-order valence-corrected chi connectivity index (χ3v) is 6.34. The van der Waals surface area contributed by atoms with Crippen LogP contribution in [0.4, 0.5) is 0 Å². The summed E-state index contributed by atoms with van der Waals surface area (Å²) in [6, 6.07) is 8.50. The molecule has 1 atom stereocenters. The Bertz CT molecular complexity index is 845. The topological polar surface area (TPSA) is 81.0 Å². The van der Waals surface area contributed by atoms with Crippen molar-refractivity contribution in [3.63, 3.8) is 0 Å². The Morgan fingerprint density at radius 1 is 1.21 bits per heavy atom. The lowest BCUT2D eigenvalue weighted by atomic mass is 10.2. The molecule has 0 unspecified atom stereocenters. The zero-order chi connectivity index (χ0) is 20.0. The van der Waals surface area contributed by atoms with Gasteiger partial charge in [0.15, 0.2) is 0 Å². The molecule has 3 rings (SSSR count). The SMILES string of the molecule is COCCOc1ccc(S(=O)(=O)NC[C@H](c2ccco2)N2CCCC2)cc1C. The maximum atomic E-state index is 12.8. The Kier molecular flexibility index (Phi) is 7.12. The molecule has 8 heteroatoms. The van der Waals surface area contributed by atoms with Gasteiger partial charge < -0.3 is 13.9 Å². The van der Waals surface area contributed by atoms with Crippen LogP contribution in [0.15, 0.2) is 45.9 Å². The fourth-order valence-electron chi connectivity index (χ4n) is 3.40. The van der Waals surface area contributed by atoms with Crippen molar-refractivity contribution in [2.24, 2.45) is 0 Å². The van der Waals surface area contributed by atoms with Gasteiger partial charge in [0.2, 0.25) is 10.0 Å². The van der Waals surface area contributed by atoms with Crippen LogP contribution in [0.2, 0.25) is 0 Å². The minimum atomic E-state index is -3.64. The van der Waals surface area contributed by atoms with Gasteiger partial charge in [-0.05, 0) is 68.8 Å². The van der Waals surface area contributed by atoms with E-state index < -0.39 is 10.0 Å². The van der Waals surface area contributed by atoms with Crippen LogP contribution in [-0.2, 0) is 14.8 Å². The predicted octanol–water partition coefficient (Wildman–Crippen LogP) is 2.73. The van der Waals surface area contributed by atoms with Crippen molar-refractivity contribution >= 4 is 10.0 Å². The molecule has 1 fully saturated rings. The fraction of sp³-hybridized carbons (Fsp3) is 0.500. The van der Waals surface area contributed by atoms with Crippen molar-refractivity contribution in [2.45, 2.75) is 30.7 Å². The van der Waals surface area contributed by atoms with E-state index >= 15 is 0 Å². The molecule has 0 amide bonds. The number of methoxy groups -OCH3 is 1. The van der Waals surface area contributed by atoms with Gasteiger partial charge in [-0.2, -0.15) is 0 Å². The second-order valence-corrected chi connectivity index (χ2v) is 8.66. The van der Waals surface area contributed by atoms with Crippen LogP contribution in [0.1, 0.15) is 30.2 Å². The number of rotatable bonds is 10. The first-order valence-corrected chi connectivity index (χ1v) is 11.0. The molecule has 1 aliphatic heterocycles. The molecule has 1 saturated heterocycles. The number of furan rings is 1. The number of sulfonamides is 1. The summed E-state index contributed by atoms with van der Waals surface area (Å²) < 4.78 is 44.5. The zero-order valence-corrected chi connectivity index (χ0v) is 17.2. The van der Waals surface area contributed by atoms with Gasteiger partial charge in [0.05, 0.1) is 23.8 Å². The van der Waals surface area contributed by atoms with Gasteiger partial charge in [-0.25, -0.2) is 13.1 Å². The summed E-state index contributed by atoms with van der Waals surface area (Å²) in [5.41, 5.74) is 0.765. The van der Waals surface area contributed by atoms with E-state index in [-0.39, 0.29) is 17.5 Å². The molecule has 0 aliphatic carbocycles. The number of hydrogen-bond acceptors (Lipinski definition) is 6. The van der Waals surface area contributed by atoms with Gasteiger partial charge in [0.1, 0.15) is 18.1 Å². The van der Waals surface area contributed by atoms with Gasteiger partial charge in [-0.15, -0.1) is 0 Å². The lowest BCUT2D eigenvalue weighted by molar-refractivity contribution is 0.146. The van der Waals surface area contributed by atoms with E-state index in [0.29, 0.717) is 19.0 Å². The zero-order valence-electron chi connectivity index (χ0n) is 16.4. The Morgan fingerprint density at radius 3 is 2.64 bits per heavy atom. The smallest absolute Gasteiger partial charge is 0.240 e. The van der Waals surface area contributed by atoms with E-state index in [1.807, 2.05) is 19.1 Å². The van der Waals surface area contributed by atoms with E-state index in [0.717, 1.165) is 37.3 Å². The van der Waals surface area contributed by atoms with Crippen molar-refractivity contribution in [1.29, 1.82) is 0 Å². The van der Waals surface area contributed by atoms with Crippen molar-refractivity contribution < 1.29 is 22.3 Å². The van der Waals surface area contributed by atoms with E-state index in [2.05, 4.69) is 9.62 Å². The van der Waals surface area contributed by atoms with Crippen LogP contribution >= 0.6 is 0 Å². The van der Waals surface area contributed by atoms with Crippen LogP contribution in [0.3, 0.4) is 0 Å². The van der Waals surface area contributed by atoms with E-state index in [1.165, 1.54) is 0 Å². The van der Waals surface area contributed by atoms with E-state index in [9.17, 15) is 8.42 Å². The number of likely N-dealkylation sites (tertiary alicyclic amines) is 1. The van der Waals surface area contributed by atoms with Gasteiger partial charge in [0, 0.05) is 13.7 Å². The minimum Gasteiger partial charge on any atom is -0.491 e. The number of nitrogens with zero attached hydrogens (tertiary/aromatic N) is 1. The van der Waals surface area contributed by atoms with Gasteiger partial charge in [0.25, 0.3) is 0 Å². The average molecular weight is 409 g/mol. The van der Waals surface area contributed by atoms with Crippen LogP contribution in [0, 0.1) is 6.92 Å². The summed E-state index contributed by atoms with van der Waals surface area (Å²) in [6.07, 6.45) is 3.86. The first-order valence-electron chi connectivity index (χ1n) is 9.51. The van der Waals surface area contributed by atoms with E-state index in [1.54, 1.807) is 31.6 Å². The number of benzene rings is 1. The lowest BCUT2D eigenvalue weighted by Crippen LogP contribution is -2.36. The fourth-order valence-corrected chi connectivity index (χ4v) is 4.52. The molecule has 0 bridgehead atoms. The molecule has 1 aliphatic rings. The van der Waals surface area contributed by atoms with E-state index in [4.69, 9.17) is 13.9 Å². The van der Waals surface area contributed by atoms with Crippen molar-refractivity contribution in [3.8, 4) is 5.75 Å². The van der Waals surface area contributed by atoms with Crippen LogP contribution < -0.4 is 9.46 Å². The number of hydrogen-bond donors (Lipinski definition) is 1. The first-order chi connectivity index (χ1) is 13.5. The summed E-state index contributed by atoms with van der Waals surface area (Å²) in [4.78, 5) is 2.49. The number of ether oxygens (including phenoxy) is 2. The minimum absolute atomic E-state index is 0.106. The predicted molar refractivity (Wildman–Crippen MR) is 106 cm³/mol. The summed E-state index contributed by atoms with van der Waals surface area (Å²) in [6.45, 7) is 4.88. The van der Waals surface area contributed by atoms with Crippen LogP contribution in [0.5, 0.6) is 5.75 Å². The molecule has 0 radical (unpaired) electrons. The summed E-state index contributed by atoms with van der Waals surface area (Å²) in [7, 11) is -2.03. The van der Waals surface area contributed by atoms with Gasteiger partial charge >= 0.3 is 0 Å². The van der Waals surface area contributed by atoms with Crippen molar-refractivity contribution in [2.75, 3.05) is 40.0 Å². The maximum absolute atomic E-state index is 12.8. The number of aryl methyl sites for hydroxylation is 1. The highest BCUT2D eigenvalue weighted by Crippen LogP contribution is 2.26. The molecule has 1 aromatic carbocycles. The molecular weight excluding hydrogens is 380 g/mol. The van der Waals surface area contributed by atoms with Crippen molar-refractivity contribution in [3.05, 3.63) is 47.9 Å². The normalized spacial score (nSPS) is 16.4. The molecule has 0 spiro atoms. The van der Waals surface area contributed by atoms with Crippen LogP contribution in [-0.4, -0.2) is 53.3 Å². The third-order valence-electron chi connectivity index (χ3n) is 4.92. The molecule has 1 N–H and O–H groups in total. The third kappa shape index (κ3) is 5.14. The highest BCUT2D eigenvalue weighted by molar-refractivity contribution is 7.89. The number of nitrogens with one attached hydrogen (secondary N) is 1. The molecule has 2 aromatic rings. The standard InChI is InChI=1S/C20H28N2O5S/c1-16-14-17(7-8-19(16)27-13-12-25-2)28(23,24)21-15-18(20-6-5-11-26-20)22-9-3-4-10-22/h5-8,11,14,18,21H,3-4,9-10,12-13,15H2,1-2H3/t18-/m1/s1. The Hall–Kier alpha value is -1.87. The Morgan fingerprint density at radius 2 is 2.00 bits per heavy atom. The molecule has 2 heterocycles. The van der Waals surface area contributed by atoms with Gasteiger partial charge in [-0.1, -0.05) is 0 Å². The quantitative estimate of drug-likeness (QED) is 0.609. The molecule has 0 saturated carbocycles. The van der Waals surface area contributed by atoms with Crippen molar-refractivity contribution in [1.82, 2.24) is 9.62 Å². The highest BCUT2D eigenvalue weighted by Gasteiger charge is 2.27. The highest BCUT2D eigenvalue weighted by atomic mass is 32.2. The average Bonchev–Trinajstić information content (AvgIpc) is 3.38. The van der Waals surface area contributed by atoms with Gasteiger partial charge in [-0.3, -0.25) is 4.90 Å². The monoisotopic (exact) mass is 408 g/mol. The summed E-state index contributed by atoms with van der Waals surface area (Å²) in [5.74, 6) is 1.43. The second-order valence-electron chi connectivity index (χ2n) is 6.89.